The molecule has 162 valence electrons. The Hall–Kier alpha value is -2.48. The molecule has 6 nitrogen and oxygen atoms in total. The molecular weight excluding hydrogens is 455 g/mol. The minimum atomic E-state index is -0.334. The van der Waals surface area contributed by atoms with Crippen molar-refractivity contribution in [1.82, 2.24) is 14.8 Å². The number of rotatable bonds is 9. The number of amides is 1. The molecule has 0 bridgehead atoms. The van der Waals surface area contributed by atoms with Crippen molar-refractivity contribution < 1.29 is 9.53 Å². The third-order valence-corrected chi connectivity index (χ3v) is 5.88. The molecule has 0 saturated heterocycles. The molecule has 0 radical (unpaired) electrons. The summed E-state index contributed by atoms with van der Waals surface area (Å²) in [6, 6.07) is 12.9. The highest BCUT2D eigenvalue weighted by molar-refractivity contribution is 7.99. The maximum Gasteiger partial charge on any atom is 0.234 e. The van der Waals surface area contributed by atoms with E-state index in [9.17, 15) is 4.79 Å². The van der Waals surface area contributed by atoms with Crippen molar-refractivity contribution in [3.8, 4) is 5.75 Å². The number of para-hydroxylation sites is 1. The number of hydrogen-bond donors (Lipinski definition) is 1. The second-order valence-electron chi connectivity index (χ2n) is 6.75. The van der Waals surface area contributed by atoms with E-state index in [2.05, 4.69) is 22.1 Å². The molecule has 2 aromatic carbocycles. The van der Waals surface area contributed by atoms with Gasteiger partial charge in [0.05, 0.1) is 21.5 Å². The predicted octanol–water partition coefficient (Wildman–Crippen LogP) is 5.95. The Balaban J connectivity index is 1.69. The molecule has 0 aliphatic rings. The first-order chi connectivity index (χ1) is 14.9. The summed E-state index contributed by atoms with van der Waals surface area (Å²) >= 11 is 13.5. The number of halogens is 2. The Morgan fingerprint density at radius 2 is 1.97 bits per heavy atom. The largest absolute Gasteiger partial charge is 0.483 e. The van der Waals surface area contributed by atoms with Gasteiger partial charge in [0.1, 0.15) is 5.75 Å². The summed E-state index contributed by atoms with van der Waals surface area (Å²) < 4.78 is 7.92. The van der Waals surface area contributed by atoms with Crippen LogP contribution >= 0.6 is 35.0 Å². The van der Waals surface area contributed by atoms with Crippen LogP contribution in [-0.2, 0) is 11.3 Å². The number of nitrogens with zero attached hydrogens (tertiary/aromatic N) is 3. The molecule has 1 unspecified atom stereocenters. The Morgan fingerprint density at radius 3 is 2.65 bits per heavy atom. The van der Waals surface area contributed by atoms with Gasteiger partial charge in [-0.2, -0.15) is 0 Å². The summed E-state index contributed by atoms with van der Waals surface area (Å²) in [5, 5.41) is 12.6. The lowest BCUT2D eigenvalue weighted by Gasteiger charge is -2.16. The monoisotopic (exact) mass is 476 g/mol. The number of carbonyl (C=O) groups excluding carboxylic acids is 1. The van der Waals surface area contributed by atoms with Gasteiger partial charge in [0.2, 0.25) is 5.91 Å². The van der Waals surface area contributed by atoms with E-state index in [-0.39, 0.29) is 17.8 Å². The van der Waals surface area contributed by atoms with Gasteiger partial charge >= 0.3 is 0 Å². The van der Waals surface area contributed by atoms with Gasteiger partial charge < -0.3 is 10.1 Å². The van der Waals surface area contributed by atoms with Crippen molar-refractivity contribution in [3.05, 3.63) is 76.6 Å². The van der Waals surface area contributed by atoms with Crippen LogP contribution < -0.4 is 10.1 Å². The molecule has 0 fully saturated rings. The summed E-state index contributed by atoms with van der Waals surface area (Å²) in [6.07, 6.45) is 1.42. The van der Waals surface area contributed by atoms with Gasteiger partial charge in [0, 0.05) is 6.54 Å². The number of carbonyl (C=O) groups is 1. The number of aryl methyl sites for hydroxylation is 1. The van der Waals surface area contributed by atoms with Gasteiger partial charge in [-0.05, 0) is 43.7 Å². The lowest BCUT2D eigenvalue weighted by atomic mass is 10.2. The van der Waals surface area contributed by atoms with Gasteiger partial charge in [-0.15, -0.1) is 16.8 Å². The van der Waals surface area contributed by atoms with E-state index < -0.39 is 0 Å². The second kappa shape index (κ2) is 10.7. The molecule has 3 aromatic rings. The molecule has 1 atom stereocenters. The summed E-state index contributed by atoms with van der Waals surface area (Å²) in [5.74, 6) is 1.27. The van der Waals surface area contributed by atoms with E-state index in [1.54, 1.807) is 24.3 Å². The number of allylic oxidation sites excluding steroid dienone is 1. The molecule has 31 heavy (non-hydrogen) atoms. The smallest absolute Gasteiger partial charge is 0.234 e. The van der Waals surface area contributed by atoms with Crippen molar-refractivity contribution in [1.29, 1.82) is 0 Å². The zero-order valence-electron chi connectivity index (χ0n) is 17.1. The highest BCUT2D eigenvalue weighted by atomic mass is 35.5. The average molecular weight is 477 g/mol. The maximum absolute atomic E-state index is 12.4. The van der Waals surface area contributed by atoms with Gasteiger partial charge in [-0.3, -0.25) is 9.36 Å². The molecule has 0 spiro atoms. The average Bonchev–Trinajstić information content (AvgIpc) is 3.12. The van der Waals surface area contributed by atoms with E-state index in [0.29, 0.717) is 33.3 Å². The van der Waals surface area contributed by atoms with Crippen LogP contribution in [0.1, 0.15) is 24.4 Å². The van der Waals surface area contributed by atoms with Crippen LogP contribution in [0.5, 0.6) is 5.75 Å². The van der Waals surface area contributed by atoms with Crippen LogP contribution in [0.3, 0.4) is 0 Å². The molecule has 0 aliphatic heterocycles. The molecule has 1 N–H and O–H groups in total. The SMILES string of the molecule is C=CCn1c(SCC(=O)Nc2c(Cl)cccc2Cl)nnc1C(C)Oc1cccc(C)c1. The third kappa shape index (κ3) is 6.03. The Labute approximate surface area is 195 Å². The highest BCUT2D eigenvalue weighted by Crippen LogP contribution is 2.30. The molecule has 0 aliphatic carbocycles. The van der Waals surface area contributed by atoms with Gasteiger partial charge in [-0.1, -0.05) is 59.2 Å². The van der Waals surface area contributed by atoms with E-state index in [1.165, 1.54) is 11.8 Å². The van der Waals surface area contributed by atoms with Crippen LogP contribution in [0.2, 0.25) is 10.0 Å². The summed E-state index contributed by atoms with van der Waals surface area (Å²) in [7, 11) is 0. The standard InChI is InChI=1S/C22H22Cl2N4O2S/c1-4-11-28-21(15(3)30-16-8-5-7-14(2)12-16)26-27-22(28)31-13-19(29)25-20-17(23)9-6-10-18(20)24/h4-10,12,15H,1,11,13H2,2-3H3,(H,25,29). The van der Waals surface area contributed by atoms with Gasteiger partial charge in [0.25, 0.3) is 0 Å². The minimum absolute atomic E-state index is 0.115. The zero-order chi connectivity index (χ0) is 22.4. The number of anilines is 1. The summed E-state index contributed by atoms with van der Waals surface area (Å²) in [4.78, 5) is 12.4. The van der Waals surface area contributed by atoms with Crippen molar-refractivity contribution in [2.45, 2.75) is 31.7 Å². The van der Waals surface area contributed by atoms with Crippen molar-refractivity contribution >= 4 is 46.6 Å². The fourth-order valence-electron chi connectivity index (χ4n) is 2.88. The highest BCUT2D eigenvalue weighted by Gasteiger charge is 2.20. The lowest BCUT2D eigenvalue weighted by molar-refractivity contribution is -0.113. The minimum Gasteiger partial charge on any atom is -0.483 e. The number of aromatic nitrogens is 3. The van der Waals surface area contributed by atoms with E-state index in [4.69, 9.17) is 27.9 Å². The first-order valence-corrected chi connectivity index (χ1v) is 11.3. The van der Waals surface area contributed by atoms with Crippen LogP contribution in [0.4, 0.5) is 5.69 Å². The van der Waals surface area contributed by atoms with Crippen LogP contribution in [-0.4, -0.2) is 26.4 Å². The van der Waals surface area contributed by atoms with E-state index in [0.717, 1.165) is 11.3 Å². The van der Waals surface area contributed by atoms with Crippen molar-refractivity contribution in [3.63, 3.8) is 0 Å². The number of nitrogens with one attached hydrogen (secondary N) is 1. The molecule has 1 aromatic heterocycles. The maximum atomic E-state index is 12.4. The third-order valence-electron chi connectivity index (χ3n) is 4.28. The van der Waals surface area contributed by atoms with Crippen LogP contribution in [0.15, 0.2) is 60.3 Å². The normalized spacial score (nSPS) is 11.7. The molecular formula is C22H22Cl2N4O2S. The van der Waals surface area contributed by atoms with Gasteiger partial charge in [-0.25, -0.2) is 0 Å². The summed E-state index contributed by atoms with van der Waals surface area (Å²) in [5.41, 5.74) is 1.50. The summed E-state index contributed by atoms with van der Waals surface area (Å²) in [6.45, 7) is 8.21. The molecule has 0 saturated carbocycles. The number of ether oxygens (including phenoxy) is 1. The zero-order valence-corrected chi connectivity index (χ0v) is 19.5. The van der Waals surface area contributed by atoms with Crippen LogP contribution in [0.25, 0.3) is 0 Å². The molecule has 9 heteroatoms. The van der Waals surface area contributed by atoms with Gasteiger partial charge in [0.15, 0.2) is 17.1 Å². The Bertz CT molecular complexity index is 1070. The van der Waals surface area contributed by atoms with Crippen molar-refractivity contribution in [2.75, 3.05) is 11.1 Å². The number of thioether (sulfide) groups is 1. The number of hydrogen-bond acceptors (Lipinski definition) is 5. The number of benzene rings is 2. The first kappa shape index (κ1) is 23.2. The topological polar surface area (TPSA) is 69.0 Å². The molecule has 3 rings (SSSR count). The Kier molecular flexibility index (Phi) is 8.01. The van der Waals surface area contributed by atoms with Crippen molar-refractivity contribution in [2.24, 2.45) is 0 Å². The molecule has 1 amide bonds. The molecule has 1 heterocycles. The lowest BCUT2D eigenvalue weighted by Crippen LogP contribution is -2.16. The van der Waals surface area contributed by atoms with E-state index >= 15 is 0 Å². The Morgan fingerprint density at radius 1 is 1.26 bits per heavy atom. The van der Waals surface area contributed by atoms with Crippen LogP contribution in [0, 0.1) is 6.92 Å². The second-order valence-corrected chi connectivity index (χ2v) is 8.51. The first-order valence-electron chi connectivity index (χ1n) is 9.53. The fraction of sp³-hybridized carbons (Fsp3) is 0.227. The fourth-order valence-corrected chi connectivity index (χ4v) is 4.12. The quantitative estimate of drug-likeness (QED) is 0.305. The predicted molar refractivity (Wildman–Crippen MR) is 126 cm³/mol. The van der Waals surface area contributed by atoms with E-state index in [1.807, 2.05) is 42.7 Å².